The van der Waals surface area contributed by atoms with Crippen LogP contribution in [0.15, 0.2) is 46.7 Å². The molecule has 2 heterocycles. The summed E-state index contributed by atoms with van der Waals surface area (Å²) in [5.74, 6) is 0. The zero-order valence-corrected chi connectivity index (χ0v) is 9.66. The van der Waals surface area contributed by atoms with E-state index < -0.39 is 0 Å². The van der Waals surface area contributed by atoms with Crippen LogP contribution in [0.25, 0.3) is 0 Å². The van der Waals surface area contributed by atoms with Gasteiger partial charge in [0.1, 0.15) is 16.1 Å². The second kappa shape index (κ2) is 4.97. The van der Waals surface area contributed by atoms with Crippen molar-refractivity contribution in [1.29, 1.82) is 5.26 Å². The van der Waals surface area contributed by atoms with Crippen molar-refractivity contribution in [2.75, 3.05) is 0 Å². The Morgan fingerprint density at radius 3 is 2.25 bits per heavy atom. The molecule has 0 bridgehead atoms. The predicted molar refractivity (Wildman–Crippen MR) is 62.3 cm³/mol. The molecular weight excluding hydrogens is 242 g/mol. The van der Waals surface area contributed by atoms with Crippen LogP contribution in [-0.4, -0.2) is 9.97 Å². The first-order valence-electron chi connectivity index (χ1n) is 4.43. The van der Waals surface area contributed by atoms with Crippen LogP contribution in [-0.2, 0) is 0 Å². The lowest BCUT2D eigenvalue weighted by Gasteiger charge is -1.99. The second-order valence-corrected chi connectivity index (χ2v) is 4.39. The maximum absolute atomic E-state index is 8.62. The van der Waals surface area contributed by atoms with E-state index in [0.717, 1.165) is 10.1 Å². The summed E-state index contributed by atoms with van der Waals surface area (Å²) in [6, 6.07) is 9.14. The molecule has 0 atom stereocenters. The van der Waals surface area contributed by atoms with Gasteiger partial charge >= 0.3 is 0 Å². The Kier molecular flexibility index (Phi) is 3.40. The van der Waals surface area contributed by atoms with Gasteiger partial charge in [0.2, 0.25) is 0 Å². The Bertz CT molecular complexity index is 516. The van der Waals surface area contributed by atoms with Crippen LogP contribution in [0.4, 0.5) is 0 Å². The maximum Gasteiger partial charge on any atom is 0.102 e. The van der Waals surface area contributed by atoms with Gasteiger partial charge < -0.3 is 0 Å². The van der Waals surface area contributed by atoms with Gasteiger partial charge in [0, 0.05) is 12.4 Å². The van der Waals surface area contributed by atoms with Crippen LogP contribution in [0.2, 0.25) is 5.02 Å². The third-order valence-electron chi connectivity index (χ3n) is 1.77. The average molecular weight is 248 g/mol. The Morgan fingerprint density at radius 1 is 1.06 bits per heavy atom. The number of halogens is 1. The number of nitriles is 1. The van der Waals surface area contributed by atoms with Crippen molar-refractivity contribution in [3.63, 3.8) is 0 Å². The van der Waals surface area contributed by atoms with Gasteiger partial charge in [-0.3, -0.25) is 0 Å². The number of aromatic nitrogens is 2. The van der Waals surface area contributed by atoms with Crippen molar-refractivity contribution in [2.24, 2.45) is 0 Å². The van der Waals surface area contributed by atoms with E-state index in [1.165, 1.54) is 18.0 Å². The first kappa shape index (κ1) is 10.9. The van der Waals surface area contributed by atoms with E-state index >= 15 is 0 Å². The molecule has 0 aliphatic carbocycles. The summed E-state index contributed by atoms with van der Waals surface area (Å²) in [7, 11) is 0. The normalized spacial score (nSPS) is 9.75. The molecule has 0 amide bonds. The number of hydrogen-bond acceptors (Lipinski definition) is 4. The molecule has 2 aromatic heterocycles. The van der Waals surface area contributed by atoms with Crippen LogP contribution in [0.1, 0.15) is 5.56 Å². The molecule has 78 valence electrons. The SMILES string of the molecule is N#Cc1ccc(Sc2ccc(Cl)cn2)nc1. The molecule has 2 aromatic rings. The number of rotatable bonds is 2. The highest BCUT2D eigenvalue weighted by Gasteiger charge is 2.00. The summed E-state index contributed by atoms with van der Waals surface area (Å²) in [5.41, 5.74) is 0.549. The van der Waals surface area contributed by atoms with Gasteiger partial charge in [0.15, 0.2) is 0 Å². The van der Waals surface area contributed by atoms with E-state index in [2.05, 4.69) is 9.97 Å². The number of pyridine rings is 2. The Morgan fingerprint density at radius 2 is 1.75 bits per heavy atom. The van der Waals surface area contributed by atoms with Gasteiger partial charge in [0.25, 0.3) is 0 Å². The molecule has 0 aliphatic rings. The molecule has 0 aromatic carbocycles. The van der Waals surface area contributed by atoms with Gasteiger partial charge in [-0.1, -0.05) is 23.4 Å². The lowest BCUT2D eigenvalue weighted by atomic mass is 10.3. The molecule has 3 nitrogen and oxygen atoms in total. The fraction of sp³-hybridized carbons (Fsp3) is 0. The average Bonchev–Trinajstić information content (AvgIpc) is 2.33. The number of nitrogens with zero attached hydrogens (tertiary/aromatic N) is 3. The van der Waals surface area contributed by atoms with Crippen molar-refractivity contribution in [3.8, 4) is 6.07 Å². The Labute approximate surface area is 102 Å². The number of hydrogen-bond donors (Lipinski definition) is 0. The van der Waals surface area contributed by atoms with Gasteiger partial charge in [-0.15, -0.1) is 0 Å². The summed E-state index contributed by atoms with van der Waals surface area (Å²) < 4.78 is 0. The van der Waals surface area contributed by atoms with Gasteiger partial charge in [-0.2, -0.15) is 5.26 Å². The van der Waals surface area contributed by atoms with Crippen LogP contribution >= 0.6 is 23.4 Å². The molecule has 2 rings (SSSR count). The topological polar surface area (TPSA) is 49.6 Å². The molecule has 0 unspecified atom stereocenters. The minimum Gasteiger partial charge on any atom is -0.248 e. The zero-order valence-electron chi connectivity index (χ0n) is 8.09. The first-order chi connectivity index (χ1) is 7.78. The van der Waals surface area contributed by atoms with E-state index in [0.29, 0.717) is 10.6 Å². The Balaban J connectivity index is 2.15. The van der Waals surface area contributed by atoms with Gasteiger partial charge in [0.05, 0.1) is 10.6 Å². The van der Waals surface area contributed by atoms with E-state index in [9.17, 15) is 0 Å². The molecule has 16 heavy (non-hydrogen) atoms. The van der Waals surface area contributed by atoms with Crippen LogP contribution < -0.4 is 0 Å². The predicted octanol–water partition coefficient (Wildman–Crippen LogP) is 3.15. The molecule has 0 radical (unpaired) electrons. The molecule has 0 N–H and O–H groups in total. The molecular formula is C11H6ClN3S. The van der Waals surface area contributed by atoms with E-state index in [4.69, 9.17) is 16.9 Å². The minimum atomic E-state index is 0.549. The van der Waals surface area contributed by atoms with Crippen molar-refractivity contribution >= 4 is 23.4 Å². The first-order valence-corrected chi connectivity index (χ1v) is 5.63. The lowest BCUT2D eigenvalue weighted by Crippen LogP contribution is -1.83. The molecule has 0 saturated carbocycles. The smallest absolute Gasteiger partial charge is 0.102 e. The lowest BCUT2D eigenvalue weighted by molar-refractivity contribution is 1.09. The fourth-order valence-corrected chi connectivity index (χ4v) is 1.85. The second-order valence-electron chi connectivity index (χ2n) is 2.91. The van der Waals surface area contributed by atoms with E-state index in [-0.39, 0.29) is 0 Å². The third-order valence-corrected chi connectivity index (χ3v) is 2.90. The van der Waals surface area contributed by atoms with Crippen LogP contribution in [0.3, 0.4) is 0 Å². The molecule has 0 fully saturated rings. The largest absolute Gasteiger partial charge is 0.248 e. The molecule has 0 aliphatic heterocycles. The standard InChI is InChI=1S/C11H6ClN3S/c12-9-2-4-11(15-7-9)16-10-3-1-8(5-13)6-14-10/h1-4,6-7H. The summed E-state index contributed by atoms with van der Waals surface area (Å²) >= 11 is 7.16. The minimum absolute atomic E-state index is 0.549. The maximum atomic E-state index is 8.62. The summed E-state index contributed by atoms with van der Waals surface area (Å²) in [6.45, 7) is 0. The van der Waals surface area contributed by atoms with Crippen LogP contribution in [0, 0.1) is 11.3 Å². The van der Waals surface area contributed by atoms with Gasteiger partial charge in [-0.05, 0) is 24.3 Å². The summed E-state index contributed by atoms with van der Waals surface area (Å²) in [5, 5.41) is 10.9. The highest BCUT2D eigenvalue weighted by Crippen LogP contribution is 2.24. The van der Waals surface area contributed by atoms with Crippen molar-refractivity contribution < 1.29 is 0 Å². The van der Waals surface area contributed by atoms with Crippen molar-refractivity contribution in [2.45, 2.75) is 10.1 Å². The Hall–Kier alpha value is -1.57. The van der Waals surface area contributed by atoms with Crippen LogP contribution in [0.5, 0.6) is 0 Å². The monoisotopic (exact) mass is 247 g/mol. The van der Waals surface area contributed by atoms with Crippen molar-refractivity contribution in [3.05, 3.63) is 47.2 Å². The molecule has 5 heteroatoms. The van der Waals surface area contributed by atoms with E-state index in [1.54, 1.807) is 24.4 Å². The highest BCUT2D eigenvalue weighted by atomic mass is 35.5. The fourth-order valence-electron chi connectivity index (χ4n) is 1.04. The molecule has 0 spiro atoms. The van der Waals surface area contributed by atoms with Crippen molar-refractivity contribution in [1.82, 2.24) is 9.97 Å². The summed E-state index contributed by atoms with van der Waals surface area (Å²) in [4.78, 5) is 8.28. The van der Waals surface area contributed by atoms with Gasteiger partial charge in [-0.25, -0.2) is 9.97 Å². The quantitative estimate of drug-likeness (QED) is 0.818. The summed E-state index contributed by atoms with van der Waals surface area (Å²) in [6.07, 6.45) is 3.13. The zero-order chi connectivity index (χ0) is 11.4. The van der Waals surface area contributed by atoms with E-state index in [1.807, 2.05) is 12.1 Å². The third kappa shape index (κ3) is 2.72. The highest BCUT2D eigenvalue weighted by molar-refractivity contribution is 7.99. The molecule has 0 saturated heterocycles.